The van der Waals surface area contributed by atoms with Crippen molar-refractivity contribution in [3.63, 3.8) is 0 Å². The summed E-state index contributed by atoms with van der Waals surface area (Å²) in [6.07, 6.45) is 4.47. The Morgan fingerprint density at radius 3 is 3.00 bits per heavy atom. The van der Waals surface area contributed by atoms with Gasteiger partial charge in [0.2, 0.25) is 5.82 Å². The standard InChI is InChI=1S/C16H21N5O2S/c1-11-9-20(10-13-8-18-12(2)24-13)7-5-14(11)19-16-15(21(22)23)4-3-6-17-16/h3-4,6,8,11,14H,5,7,9-10H2,1-2H3,(H,17,19)/t11-,14+/m1/s1. The second-order valence-corrected chi connectivity index (χ2v) is 7.55. The number of piperidine rings is 1. The maximum absolute atomic E-state index is 11.1. The van der Waals surface area contributed by atoms with Crippen LogP contribution in [0.25, 0.3) is 0 Å². The number of nitrogens with zero attached hydrogens (tertiary/aromatic N) is 4. The third-order valence-electron chi connectivity index (χ3n) is 4.34. The molecular formula is C16H21N5O2S. The molecule has 128 valence electrons. The van der Waals surface area contributed by atoms with Crippen molar-refractivity contribution in [2.45, 2.75) is 32.9 Å². The van der Waals surface area contributed by atoms with E-state index in [0.29, 0.717) is 11.7 Å². The fourth-order valence-corrected chi connectivity index (χ4v) is 3.96. The first-order chi connectivity index (χ1) is 11.5. The number of pyridine rings is 1. The van der Waals surface area contributed by atoms with E-state index in [1.165, 1.54) is 10.9 Å². The van der Waals surface area contributed by atoms with Gasteiger partial charge in [0.15, 0.2) is 0 Å². The lowest BCUT2D eigenvalue weighted by Crippen LogP contribution is -2.44. The maximum Gasteiger partial charge on any atom is 0.311 e. The quantitative estimate of drug-likeness (QED) is 0.661. The lowest BCUT2D eigenvalue weighted by molar-refractivity contribution is -0.384. The Morgan fingerprint density at radius 1 is 1.50 bits per heavy atom. The predicted octanol–water partition coefficient (Wildman–Crippen LogP) is 3.08. The number of aryl methyl sites for hydroxylation is 1. The highest BCUT2D eigenvalue weighted by Crippen LogP contribution is 2.27. The molecular weight excluding hydrogens is 326 g/mol. The van der Waals surface area contributed by atoms with Crippen molar-refractivity contribution in [1.82, 2.24) is 14.9 Å². The average molecular weight is 347 g/mol. The van der Waals surface area contributed by atoms with E-state index < -0.39 is 0 Å². The summed E-state index contributed by atoms with van der Waals surface area (Å²) in [5.74, 6) is 0.750. The Morgan fingerprint density at radius 2 is 2.33 bits per heavy atom. The molecule has 2 aromatic rings. The van der Waals surface area contributed by atoms with Gasteiger partial charge in [0.05, 0.1) is 9.93 Å². The summed E-state index contributed by atoms with van der Waals surface area (Å²) in [7, 11) is 0. The monoisotopic (exact) mass is 347 g/mol. The van der Waals surface area contributed by atoms with Gasteiger partial charge in [0.1, 0.15) is 0 Å². The highest BCUT2D eigenvalue weighted by molar-refractivity contribution is 7.11. The number of hydrogen-bond donors (Lipinski definition) is 1. The smallest absolute Gasteiger partial charge is 0.311 e. The number of thiazole rings is 1. The van der Waals surface area contributed by atoms with Crippen LogP contribution in [0.15, 0.2) is 24.5 Å². The van der Waals surface area contributed by atoms with Crippen LogP contribution in [0.1, 0.15) is 23.2 Å². The van der Waals surface area contributed by atoms with Crippen LogP contribution in [-0.2, 0) is 6.54 Å². The van der Waals surface area contributed by atoms with E-state index in [2.05, 4.69) is 27.1 Å². The Labute approximate surface area is 144 Å². The third-order valence-corrected chi connectivity index (χ3v) is 5.24. The molecule has 0 aromatic carbocycles. The van der Waals surface area contributed by atoms with E-state index in [-0.39, 0.29) is 16.7 Å². The topological polar surface area (TPSA) is 84.2 Å². The first-order valence-corrected chi connectivity index (χ1v) is 8.84. The van der Waals surface area contributed by atoms with E-state index >= 15 is 0 Å². The average Bonchev–Trinajstić information content (AvgIpc) is 2.95. The van der Waals surface area contributed by atoms with E-state index in [9.17, 15) is 10.1 Å². The van der Waals surface area contributed by atoms with Crippen LogP contribution in [0.4, 0.5) is 11.5 Å². The zero-order chi connectivity index (χ0) is 17.1. The highest BCUT2D eigenvalue weighted by Gasteiger charge is 2.28. The van der Waals surface area contributed by atoms with Gasteiger partial charge in [-0.25, -0.2) is 9.97 Å². The van der Waals surface area contributed by atoms with E-state index in [1.807, 2.05) is 13.1 Å². The van der Waals surface area contributed by atoms with Crippen LogP contribution in [-0.4, -0.2) is 38.9 Å². The molecule has 7 nitrogen and oxygen atoms in total. The molecule has 2 atom stereocenters. The van der Waals surface area contributed by atoms with Crippen molar-refractivity contribution >= 4 is 22.8 Å². The van der Waals surface area contributed by atoms with Gasteiger partial charge in [-0.1, -0.05) is 6.92 Å². The Kier molecular flexibility index (Phi) is 5.06. The van der Waals surface area contributed by atoms with Crippen molar-refractivity contribution in [2.24, 2.45) is 5.92 Å². The second kappa shape index (κ2) is 7.23. The molecule has 0 bridgehead atoms. The number of nitro groups is 1. The van der Waals surface area contributed by atoms with Crippen LogP contribution < -0.4 is 5.32 Å². The Balaban J connectivity index is 1.61. The molecule has 3 rings (SSSR count). The summed E-state index contributed by atoms with van der Waals surface area (Å²) in [5, 5.41) is 15.5. The normalized spacial score (nSPS) is 21.6. The van der Waals surface area contributed by atoms with Crippen LogP contribution >= 0.6 is 11.3 Å². The minimum atomic E-state index is -0.388. The largest absolute Gasteiger partial charge is 0.361 e. The summed E-state index contributed by atoms with van der Waals surface area (Å²) in [6, 6.07) is 3.27. The SMILES string of the molecule is Cc1ncc(CN2CC[C@H](Nc3ncccc3[N+](=O)[O-])[C@H](C)C2)s1. The number of likely N-dealkylation sites (tertiary alicyclic amines) is 1. The van der Waals surface area contributed by atoms with Gasteiger partial charge in [0.25, 0.3) is 0 Å². The molecule has 0 aliphatic carbocycles. The Bertz CT molecular complexity index is 720. The molecule has 1 N–H and O–H groups in total. The van der Waals surface area contributed by atoms with Crippen molar-refractivity contribution < 1.29 is 4.92 Å². The summed E-state index contributed by atoms with van der Waals surface area (Å²) in [6.45, 7) is 7.03. The van der Waals surface area contributed by atoms with Gasteiger partial charge in [0, 0.05) is 49.0 Å². The zero-order valence-electron chi connectivity index (χ0n) is 13.8. The second-order valence-electron chi connectivity index (χ2n) is 6.23. The number of anilines is 1. The predicted molar refractivity (Wildman–Crippen MR) is 94.2 cm³/mol. The van der Waals surface area contributed by atoms with Crippen molar-refractivity contribution in [3.8, 4) is 0 Å². The van der Waals surface area contributed by atoms with E-state index in [4.69, 9.17) is 0 Å². The lowest BCUT2D eigenvalue weighted by Gasteiger charge is -2.37. The summed E-state index contributed by atoms with van der Waals surface area (Å²) < 4.78 is 0. The van der Waals surface area contributed by atoms with Gasteiger partial charge >= 0.3 is 5.69 Å². The number of nitrogens with one attached hydrogen (secondary N) is 1. The van der Waals surface area contributed by atoms with Crippen LogP contribution in [0, 0.1) is 23.0 Å². The minimum absolute atomic E-state index is 0.0345. The molecule has 1 aliphatic heterocycles. The van der Waals surface area contributed by atoms with E-state index in [0.717, 1.165) is 31.1 Å². The maximum atomic E-state index is 11.1. The number of rotatable bonds is 5. The molecule has 0 spiro atoms. The fraction of sp³-hybridized carbons (Fsp3) is 0.500. The molecule has 1 saturated heterocycles. The molecule has 1 fully saturated rings. The van der Waals surface area contributed by atoms with Gasteiger partial charge in [-0.2, -0.15) is 0 Å². The van der Waals surface area contributed by atoms with Gasteiger partial charge < -0.3 is 5.32 Å². The van der Waals surface area contributed by atoms with Crippen molar-refractivity contribution in [3.05, 3.63) is 44.5 Å². The van der Waals surface area contributed by atoms with Gasteiger partial charge in [-0.15, -0.1) is 11.3 Å². The highest BCUT2D eigenvalue weighted by atomic mass is 32.1. The zero-order valence-corrected chi connectivity index (χ0v) is 14.6. The molecule has 0 radical (unpaired) electrons. The van der Waals surface area contributed by atoms with Gasteiger partial charge in [-0.05, 0) is 25.3 Å². The summed E-state index contributed by atoms with van der Waals surface area (Å²) in [5.41, 5.74) is 0.0345. The first kappa shape index (κ1) is 16.8. The van der Waals surface area contributed by atoms with Crippen molar-refractivity contribution in [2.75, 3.05) is 18.4 Å². The molecule has 0 amide bonds. The molecule has 0 unspecified atom stereocenters. The lowest BCUT2D eigenvalue weighted by atomic mass is 9.93. The fourth-order valence-electron chi connectivity index (χ4n) is 3.12. The van der Waals surface area contributed by atoms with Crippen LogP contribution in [0.5, 0.6) is 0 Å². The molecule has 0 saturated carbocycles. The van der Waals surface area contributed by atoms with E-state index in [1.54, 1.807) is 23.6 Å². The molecule has 2 aromatic heterocycles. The van der Waals surface area contributed by atoms with Gasteiger partial charge in [-0.3, -0.25) is 15.0 Å². The van der Waals surface area contributed by atoms with Crippen LogP contribution in [0.3, 0.4) is 0 Å². The Hall–Kier alpha value is -2.06. The third kappa shape index (κ3) is 3.88. The first-order valence-electron chi connectivity index (χ1n) is 8.02. The van der Waals surface area contributed by atoms with Crippen molar-refractivity contribution in [1.29, 1.82) is 0 Å². The number of aromatic nitrogens is 2. The van der Waals surface area contributed by atoms with Crippen LogP contribution in [0.2, 0.25) is 0 Å². The molecule has 3 heterocycles. The number of hydrogen-bond acceptors (Lipinski definition) is 7. The minimum Gasteiger partial charge on any atom is -0.361 e. The summed E-state index contributed by atoms with van der Waals surface area (Å²) >= 11 is 1.74. The summed E-state index contributed by atoms with van der Waals surface area (Å²) in [4.78, 5) is 22.9. The molecule has 8 heteroatoms. The molecule has 1 aliphatic rings. The molecule has 24 heavy (non-hydrogen) atoms.